The molecule has 0 aliphatic rings. The Morgan fingerprint density at radius 1 is 1.58 bits per heavy atom. The molecule has 0 aliphatic heterocycles. The second-order valence-corrected chi connectivity index (χ2v) is 2.25. The van der Waals surface area contributed by atoms with E-state index in [2.05, 4.69) is 10.3 Å². The van der Waals surface area contributed by atoms with Crippen LogP contribution in [0.2, 0.25) is 0 Å². The molecule has 5 N–H and O–H groups in total. The maximum Gasteiger partial charge on any atom is 0.267 e. The van der Waals surface area contributed by atoms with E-state index in [1.165, 1.54) is 6.07 Å². The number of anilines is 2. The van der Waals surface area contributed by atoms with E-state index in [0.29, 0.717) is 11.5 Å². The summed E-state index contributed by atoms with van der Waals surface area (Å²) in [6.45, 7) is 0. The predicted octanol–water partition coefficient (Wildman–Crippen LogP) is -0.196. The number of hydrogen-bond acceptors (Lipinski definition) is 4. The van der Waals surface area contributed by atoms with Crippen LogP contribution in [0.3, 0.4) is 0 Å². The van der Waals surface area contributed by atoms with Crippen molar-refractivity contribution in [2.45, 2.75) is 0 Å². The molecule has 1 heterocycles. The molecular formula is C7H10N4O. The van der Waals surface area contributed by atoms with Gasteiger partial charge in [-0.15, -0.1) is 0 Å². The van der Waals surface area contributed by atoms with Gasteiger partial charge in [-0.2, -0.15) is 0 Å². The van der Waals surface area contributed by atoms with Crippen LogP contribution in [-0.4, -0.2) is 17.9 Å². The highest BCUT2D eigenvalue weighted by Crippen LogP contribution is 2.13. The predicted molar refractivity (Wildman–Crippen MR) is 46.7 cm³/mol. The van der Waals surface area contributed by atoms with Crippen LogP contribution < -0.4 is 16.8 Å². The lowest BCUT2D eigenvalue weighted by molar-refractivity contribution is 0.0996. The highest BCUT2D eigenvalue weighted by molar-refractivity contribution is 5.91. The van der Waals surface area contributed by atoms with E-state index in [9.17, 15) is 4.79 Å². The molecule has 1 aromatic rings. The van der Waals surface area contributed by atoms with E-state index in [0.717, 1.165) is 0 Å². The Morgan fingerprint density at radius 3 is 2.75 bits per heavy atom. The molecule has 5 heteroatoms. The standard InChI is InChI=1S/C7H10N4O/c1-10-7-4(8)2-3-5(11-7)6(9)12/h2-3H,8H2,1H3,(H2,9,12)(H,10,11). The summed E-state index contributed by atoms with van der Waals surface area (Å²) >= 11 is 0. The van der Waals surface area contributed by atoms with Gasteiger partial charge in [0.1, 0.15) is 11.5 Å². The van der Waals surface area contributed by atoms with Gasteiger partial charge in [0, 0.05) is 7.05 Å². The SMILES string of the molecule is CNc1nc(C(N)=O)ccc1N. The van der Waals surface area contributed by atoms with Gasteiger partial charge in [0.25, 0.3) is 5.91 Å². The van der Waals surface area contributed by atoms with Crippen molar-refractivity contribution in [3.63, 3.8) is 0 Å². The second kappa shape index (κ2) is 3.08. The number of rotatable bonds is 2. The first-order chi connectivity index (χ1) is 5.65. The molecule has 1 rings (SSSR count). The van der Waals surface area contributed by atoms with Gasteiger partial charge in [0.2, 0.25) is 0 Å². The van der Waals surface area contributed by atoms with Gasteiger partial charge in [0.05, 0.1) is 5.69 Å². The monoisotopic (exact) mass is 166 g/mol. The number of nitrogens with zero attached hydrogens (tertiary/aromatic N) is 1. The first kappa shape index (κ1) is 8.32. The molecule has 64 valence electrons. The minimum Gasteiger partial charge on any atom is -0.396 e. The minimum absolute atomic E-state index is 0.202. The maximum atomic E-state index is 10.7. The van der Waals surface area contributed by atoms with Gasteiger partial charge in [-0.05, 0) is 12.1 Å². The lowest BCUT2D eigenvalue weighted by Gasteiger charge is -2.03. The Bertz CT molecular complexity index is 310. The van der Waals surface area contributed by atoms with E-state index < -0.39 is 5.91 Å². The van der Waals surface area contributed by atoms with Crippen LogP contribution in [0.15, 0.2) is 12.1 Å². The van der Waals surface area contributed by atoms with E-state index >= 15 is 0 Å². The Labute approximate surface area is 69.8 Å². The summed E-state index contributed by atoms with van der Waals surface area (Å²) in [7, 11) is 1.67. The van der Waals surface area contributed by atoms with Crippen molar-refractivity contribution >= 4 is 17.4 Å². The van der Waals surface area contributed by atoms with Crippen molar-refractivity contribution in [3.8, 4) is 0 Å². The Hall–Kier alpha value is -1.78. The number of primary amides is 1. The summed E-state index contributed by atoms with van der Waals surface area (Å²) in [6.07, 6.45) is 0. The summed E-state index contributed by atoms with van der Waals surface area (Å²) < 4.78 is 0. The van der Waals surface area contributed by atoms with Gasteiger partial charge < -0.3 is 16.8 Å². The number of nitrogens with one attached hydrogen (secondary N) is 1. The van der Waals surface area contributed by atoms with Crippen LogP contribution in [0.25, 0.3) is 0 Å². The van der Waals surface area contributed by atoms with Crippen molar-refractivity contribution in [1.29, 1.82) is 0 Å². The normalized spacial score (nSPS) is 9.42. The molecule has 12 heavy (non-hydrogen) atoms. The van der Waals surface area contributed by atoms with Gasteiger partial charge in [-0.25, -0.2) is 4.98 Å². The van der Waals surface area contributed by atoms with Crippen LogP contribution in [0.4, 0.5) is 11.5 Å². The van der Waals surface area contributed by atoms with Crippen LogP contribution in [0, 0.1) is 0 Å². The summed E-state index contributed by atoms with van der Waals surface area (Å²) in [5.41, 5.74) is 11.2. The molecule has 0 spiro atoms. The third-order valence-electron chi connectivity index (χ3n) is 1.42. The first-order valence-electron chi connectivity index (χ1n) is 3.39. The lowest BCUT2D eigenvalue weighted by Crippen LogP contribution is -2.14. The van der Waals surface area contributed by atoms with Gasteiger partial charge in [-0.1, -0.05) is 0 Å². The Morgan fingerprint density at radius 2 is 2.25 bits per heavy atom. The van der Waals surface area contributed by atoms with Gasteiger partial charge in [0.15, 0.2) is 0 Å². The fraction of sp³-hybridized carbons (Fsp3) is 0.143. The number of amides is 1. The van der Waals surface area contributed by atoms with Crippen molar-refractivity contribution in [2.24, 2.45) is 5.73 Å². The number of aromatic nitrogens is 1. The highest BCUT2D eigenvalue weighted by atomic mass is 16.1. The summed E-state index contributed by atoms with van der Waals surface area (Å²) in [5, 5.41) is 2.75. The molecule has 0 aliphatic carbocycles. The van der Waals surface area contributed by atoms with Crippen molar-refractivity contribution in [3.05, 3.63) is 17.8 Å². The molecule has 0 saturated carbocycles. The number of hydrogen-bond donors (Lipinski definition) is 3. The zero-order valence-corrected chi connectivity index (χ0v) is 6.66. The molecule has 1 aromatic heterocycles. The molecule has 5 nitrogen and oxygen atoms in total. The number of nitrogen functional groups attached to an aromatic ring is 1. The zero-order valence-electron chi connectivity index (χ0n) is 6.66. The van der Waals surface area contributed by atoms with E-state index in [1.54, 1.807) is 13.1 Å². The van der Waals surface area contributed by atoms with E-state index in [1.807, 2.05) is 0 Å². The molecule has 0 saturated heterocycles. The third kappa shape index (κ3) is 1.45. The average molecular weight is 166 g/mol. The molecule has 0 atom stereocenters. The quantitative estimate of drug-likeness (QED) is 0.567. The van der Waals surface area contributed by atoms with E-state index in [4.69, 9.17) is 11.5 Å². The highest BCUT2D eigenvalue weighted by Gasteiger charge is 2.04. The van der Waals surface area contributed by atoms with Crippen molar-refractivity contribution in [1.82, 2.24) is 4.98 Å². The van der Waals surface area contributed by atoms with Crippen LogP contribution >= 0.6 is 0 Å². The molecule has 0 bridgehead atoms. The maximum absolute atomic E-state index is 10.7. The molecule has 1 amide bonds. The first-order valence-corrected chi connectivity index (χ1v) is 3.39. The van der Waals surface area contributed by atoms with Gasteiger partial charge in [-0.3, -0.25) is 4.79 Å². The topological polar surface area (TPSA) is 94.0 Å². The molecule has 0 aromatic carbocycles. The molecule has 0 radical (unpaired) electrons. The molecule has 0 unspecified atom stereocenters. The fourth-order valence-electron chi connectivity index (χ4n) is 0.807. The fourth-order valence-corrected chi connectivity index (χ4v) is 0.807. The minimum atomic E-state index is -0.563. The van der Waals surface area contributed by atoms with E-state index in [-0.39, 0.29) is 5.69 Å². The average Bonchev–Trinajstić information content (AvgIpc) is 2.05. The zero-order chi connectivity index (χ0) is 9.14. The summed E-state index contributed by atoms with van der Waals surface area (Å²) in [5.74, 6) is -0.0993. The smallest absolute Gasteiger partial charge is 0.267 e. The van der Waals surface area contributed by atoms with Crippen molar-refractivity contribution < 1.29 is 4.79 Å². The third-order valence-corrected chi connectivity index (χ3v) is 1.42. The van der Waals surface area contributed by atoms with Crippen LogP contribution in [0.1, 0.15) is 10.5 Å². The van der Waals surface area contributed by atoms with Gasteiger partial charge >= 0.3 is 0 Å². The lowest BCUT2D eigenvalue weighted by atomic mass is 10.3. The molecule has 0 fully saturated rings. The number of carbonyl (C=O) groups is 1. The Balaban J connectivity index is 3.13. The largest absolute Gasteiger partial charge is 0.396 e. The molecular weight excluding hydrogens is 156 g/mol. The number of pyridine rings is 1. The Kier molecular flexibility index (Phi) is 2.14. The number of carbonyl (C=O) groups excluding carboxylic acids is 1. The summed E-state index contributed by atoms with van der Waals surface area (Å²) in [6, 6.07) is 3.07. The van der Waals surface area contributed by atoms with Crippen LogP contribution in [0.5, 0.6) is 0 Å². The number of nitrogens with two attached hydrogens (primary N) is 2. The second-order valence-electron chi connectivity index (χ2n) is 2.25. The van der Waals surface area contributed by atoms with Crippen LogP contribution in [-0.2, 0) is 0 Å². The van der Waals surface area contributed by atoms with Crippen molar-refractivity contribution in [2.75, 3.05) is 18.1 Å². The summed E-state index contributed by atoms with van der Waals surface area (Å²) in [4.78, 5) is 14.6.